The summed E-state index contributed by atoms with van der Waals surface area (Å²) < 4.78 is 13.4. The molecule has 0 bridgehead atoms. The van der Waals surface area contributed by atoms with Crippen LogP contribution in [0.15, 0.2) is 18.3 Å². The molecule has 9 heteroatoms. The number of anilines is 1. The molecule has 0 amide bonds. The summed E-state index contributed by atoms with van der Waals surface area (Å²) in [6, 6.07) is 4.29. The van der Waals surface area contributed by atoms with Gasteiger partial charge in [-0.05, 0) is 24.5 Å². The number of rotatable bonds is 4. The van der Waals surface area contributed by atoms with E-state index in [4.69, 9.17) is 20.3 Å². The molecule has 2 aliphatic heterocycles. The van der Waals surface area contributed by atoms with Crippen molar-refractivity contribution >= 4 is 21.4 Å². The Morgan fingerprint density at radius 1 is 1.31 bits per heavy atom. The first-order valence-corrected chi connectivity index (χ1v) is 10.9. The molecule has 3 atom stereocenters. The Labute approximate surface area is 173 Å². The van der Waals surface area contributed by atoms with Crippen LogP contribution in [0.3, 0.4) is 0 Å². The first-order chi connectivity index (χ1) is 14.0. The summed E-state index contributed by atoms with van der Waals surface area (Å²) in [6.45, 7) is 6.70. The molecular formula is C20H26N6O2S. The van der Waals surface area contributed by atoms with E-state index in [2.05, 4.69) is 28.7 Å². The van der Waals surface area contributed by atoms with E-state index < -0.39 is 0 Å². The zero-order valence-corrected chi connectivity index (χ0v) is 17.7. The topological polar surface area (TPSA) is 90.8 Å². The van der Waals surface area contributed by atoms with Gasteiger partial charge in [-0.15, -0.1) is 5.10 Å². The summed E-state index contributed by atoms with van der Waals surface area (Å²) in [5.41, 5.74) is 9.09. The van der Waals surface area contributed by atoms with Gasteiger partial charge in [0.25, 0.3) is 0 Å². The fourth-order valence-corrected chi connectivity index (χ4v) is 5.13. The molecule has 2 aliphatic rings. The SMILES string of the molecule is COc1nc(C(C)C)ccc1-c1cnc2sc(N3CC4[C@H](N)CCO[C@H]4C3)nn12. The maximum absolute atomic E-state index is 6.32. The lowest BCUT2D eigenvalue weighted by Crippen LogP contribution is -2.43. The summed E-state index contributed by atoms with van der Waals surface area (Å²) >= 11 is 1.59. The van der Waals surface area contributed by atoms with Gasteiger partial charge in [-0.2, -0.15) is 0 Å². The lowest BCUT2D eigenvalue weighted by atomic mass is 9.93. The third-order valence-corrected chi connectivity index (χ3v) is 6.91. The largest absolute Gasteiger partial charge is 0.480 e. The smallest absolute Gasteiger partial charge is 0.222 e. The van der Waals surface area contributed by atoms with Crippen molar-refractivity contribution in [1.82, 2.24) is 19.6 Å². The molecule has 1 unspecified atom stereocenters. The van der Waals surface area contributed by atoms with Gasteiger partial charge >= 0.3 is 0 Å². The number of hydrogen-bond donors (Lipinski definition) is 1. The standard InChI is InChI=1S/C20H26N6O2S/c1-11(2)15-5-4-12(18(23-15)27-3)16-8-22-19-26(16)24-20(29-19)25-9-13-14(21)6-7-28-17(13)10-25/h4-5,8,11,13-14,17H,6-7,9-10,21H2,1-3H3/t13?,14-,17+/m1/s1. The third-order valence-electron chi connectivity index (χ3n) is 5.93. The zero-order valence-electron chi connectivity index (χ0n) is 16.9. The van der Waals surface area contributed by atoms with Gasteiger partial charge < -0.3 is 20.1 Å². The second-order valence-corrected chi connectivity index (χ2v) is 9.04. The number of pyridine rings is 1. The van der Waals surface area contributed by atoms with Gasteiger partial charge in [-0.1, -0.05) is 25.2 Å². The maximum atomic E-state index is 6.32. The third kappa shape index (κ3) is 3.17. The Kier molecular flexibility index (Phi) is 4.68. The van der Waals surface area contributed by atoms with Crippen LogP contribution < -0.4 is 15.4 Å². The number of imidazole rings is 1. The fraction of sp³-hybridized carbons (Fsp3) is 0.550. The van der Waals surface area contributed by atoms with Crippen molar-refractivity contribution in [3.63, 3.8) is 0 Å². The number of nitrogens with two attached hydrogens (primary N) is 1. The van der Waals surface area contributed by atoms with Crippen LogP contribution in [-0.4, -0.2) is 58.5 Å². The van der Waals surface area contributed by atoms with Gasteiger partial charge in [0.15, 0.2) is 0 Å². The minimum atomic E-state index is 0.197. The lowest BCUT2D eigenvalue weighted by molar-refractivity contribution is -0.00904. The highest BCUT2D eigenvalue weighted by molar-refractivity contribution is 7.20. The normalized spacial score (nSPS) is 24.4. The zero-order chi connectivity index (χ0) is 20.1. The summed E-state index contributed by atoms with van der Waals surface area (Å²) in [5.74, 6) is 1.30. The second kappa shape index (κ2) is 7.23. The van der Waals surface area contributed by atoms with Crippen LogP contribution in [0.4, 0.5) is 5.13 Å². The number of ether oxygens (including phenoxy) is 2. The number of nitrogens with zero attached hydrogens (tertiary/aromatic N) is 5. The fourth-order valence-electron chi connectivity index (χ4n) is 4.23. The van der Waals surface area contributed by atoms with Gasteiger partial charge in [0.2, 0.25) is 16.0 Å². The van der Waals surface area contributed by atoms with Crippen LogP contribution >= 0.6 is 11.3 Å². The van der Waals surface area contributed by atoms with Gasteiger partial charge in [0.05, 0.1) is 30.7 Å². The van der Waals surface area contributed by atoms with Crippen molar-refractivity contribution in [2.24, 2.45) is 11.7 Å². The van der Waals surface area contributed by atoms with Gasteiger partial charge in [-0.3, -0.25) is 0 Å². The minimum absolute atomic E-state index is 0.197. The molecule has 154 valence electrons. The van der Waals surface area contributed by atoms with E-state index in [1.54, 1.807) is 18.4 Å². The lowest BCUT2D eigenvalue weighted by Gasteiger charge is -2.29. The summed E-state index contributed by atoms with van der Waals surface area (Å²) in [5, 5.41) is 5.82. The molecule has 3 aromatic rings. The predicted octanol–water partition coefficient (Wildman–Crippen LogP) is 2.54. The van der Waals surface area contributed by atoms with Crippen LogP contribution in [0.25, 0.3) is 16.2 Å². The van der Waals surface area contributed by atoms with E-state index in [1.807, 2.05) is 22.8 Å². The quantitative estimate of drug-likeness (QED) is 0.701. The number of aromatic nitrogens is 4. The molecule has 3 aromatic heterocycles. The van der Waals surface area contributed by atoms with Crippen molar-refractivity contribution in [1.29, 1.82) is 0 Å². The molecule has 0 aromatic carbocycles. The molecule has 2 fully saturated rings. The highest BCUT2D eigenvalue weighted by Gasteiger charge is 2.41. The van der Waals surface area contributed by atoms with Crippen molar-refractivity contribution < 1.29 is 9.47 Å². The van der Waals surface area contributed by atoms with Crippen LogP contribution in [-0.2, 0) is 4.74 Å². The summed E-state index contributed by atoms with van der Waals surface area (Å²) in [6.07, 6.45) is 2.96. The summed E-state index contributed by atoms with van der Waals surface area (Å²) in [4.78, 5) is 12.4. The number of methoxy groups -OCH3 is 1. The van der Waals surface area contributed by atoms with Gasteiger partial charge in [-0.25, -0.2) is 14.5 Å². The Bertz CT molecular complexity index is 1030. The van der Waals surface area contributed by atoms with E-state index in [0.29, 0.717) is 17.7 Å². The van der Waals surface area contributed by atoms with Crippen LogP contribution in [0.2, 0.25) is 0 Å². The van der Waals surface area contributed by atoms with E-state index in [1.165, 1.54) is 0 Å². The van der Waals surface area contributed by atoms with Crippen LogP contribution in [0.1, 0.15) is 31.9 Å². The van der Waals surface area contributed by atoms with Crippen molar-refractivity contribution in [2.75, 3.05) is 31.7 Å². The van der Waals surface area contributed by atoms with Crippen molar-refractivity contribution in [2.45, 2.75) is 38.3 Å². The van der Waals surface area contributed by atoms with E-state index in [0.717, 1.165) is 53.2 Å². The Balaban J connectivity index is 1.48. The molecule has 0 spiro atoms. The van der Waals surface area contributed by atoms with E-state index >= 15 is 0 Å². The first-order valence-electron chi connectivity index (χ1n) is 10.1. The molecule has 0 radical (unpaired) electrons. The Morgan fingerprint density at radius 3 is 2.93 bits per heavy atom. The molecule has 29 heavy (non-hydrogen) atoms. The van der Waals surface area contributed by atoms with Crippen molar-refractivity contribution in [3.8, 4) is 17.1 Å². The summed E-state index contributed by atoms with van der Waals surface area (Å²) in [7, 11) is 1.65. The van der Waals surface area contributed by atoms with E-state index in [9.17, 15) is 0 Å². The van der Waals surface area contributed by atoms with Crippen molar-refractivity contribution in [3.05, 3.63) is 24.0 Å². The highest BCUT2D eigenvalue weighted by atomic mass is 32.1. The molecule has 0 saturated carbocycles. The van der Waals surface area contributed by atoms with E-state index in [-0.39, 0.29) is 12.1 Å². The van der Waals surface area contributed by atoms with Gasteiger partial charge in [0, 0.05) is 37.4 Å². The predicted molar refractivity (Wildman–Crippen MR) is 113 cm³/mol. The first kappa shape index (κ1) is 18.8. The molecule has 5 heterocycles. The number of hydrogen-bond acceptors (Lipinski definition) is 8. The average Bonchev–Trinajstić information content (AvgIpc) is 3.41. The molecular weight excluding hydrogens is 388 g/mol. The van der Waals surface area contributed by atoms with Crippen LogP contribution in [0, 0.1) is 5.92 Å². The Hall–Kier alpha value is -2.23. The Morgan fingerprint density at radius 2 is 2.17 bits per heavy atom. The molecule has 2 N–H and O–H groups in total. The molecule has 2 saturated heterocycles. The maximum Gasteiger partial charge on any atom is 0.222 e. The molecule has 0 aliphatic carbocycles. The second-order valence-electron chi connectivity index (χ2n) is 8.10. The monoisotopic (exact) mass is 414 g/mol. The minimum Gasteiger partial charge on any atom is -0.480 e. The molecule has 8 nitrogen and oxygen atoms in total. The average molecular weight is 415 g/mol. The highest BCUT2D eigenvalue weighted by Crippen LogP contribution is 2.36. The van der Waals surface area contributed by atoms with Crippen LogP contribution in [0.5, 0.6) is 5.88 Å². The molecule has 5 rings (SSSR count). The van der Waals surface area contributed by atoms with Gasteiger partial charge in [0.1, 0.15) is 0 Å². The number of fused-ring (bicyclic) bond motifs is 2.